The van der Waals surface area contributed by atoms with E-state index >= 15 is 0 Å². The van der Waals surface area contributed by atoms with Gasteiger partial charge in [0.25, 0.3) is 0 Å². The first-order valence-corrected chi connectivity index (χ1v) is 7.96. The first-order valence-electron chi connectivity index (χ1n) is 7.96. The van der Waals surface area contributed by atoms with Crippen molar-refractivity contribution in [1.29, 1.82) is 0 Å². The van der Waals surface area contributed by atoms with Crippen molar-refractivity contribution in [3.8, 4) is 0 Å². The average molecular weight is 301 g/mol. The van der Waals surface area contributed by atoms with Crippen LogP contribution in [0.15, 0.2) is 0 Å². The van der Waals surface area contributed by atoms with Crippen molar-refractivity contribution in [2.24, 2.45) is 5.92 Å². The van der Waals surface area contributed by atoms with E-state index in [1.807, 2.05) is 34.6 Å². The van der Waals surface area contributed by atoms with Gasteiger partial charge < -0.3 is 14.9 Å². The highest BCUT2D eigenvalue weighted by Crippen LogP contribution is 2.37. The van der Waals surface area contributed by atoms with Crippen LogP contribution in [-0.4, -0.2) is 51.1 Å². The van der Waals surface area contributed by atoms with Gasteiger partial charge in [0.05, 0.1) is 24.3 Å². The molecule has 1 amide bonds. The van der Waals surface area contributed by atoms with Crippen molar-refractivity contribution in [2.75, 3.05) is 0 Å². The zero-order valence-corrected chi connectivity index (χ0v) is 14.2. The minimum absolute atomic E-state index is 0.0270. The Labute approximate surface area is 128 Å². The normalized spacial score (nSPS) is 24.9. The zero-order valence-electron chi connectivity index (χ0n) is 14.2. The molecule has 1 aliphatic rings. The van der Waals surface area contributed by atoms with Crippen LogP contribution in [0.4, 0.5) is 4.79 Å². The Kier molecular flexibility index (Phi) is 6.05. The van der Waals surface area contributed by atoms with Crippen LogP contribution in [0.5, 0.6) is 0 Å². The SMILES string of the molecule is CCC[C@@H]1[C@@H]([C@H](O)C[C@@H](O)C(C)C)N1C(=O)OC(C)(C)C. The highest BCUT2D eigenvalue weighted by Gasteiger charge is 2.55. The van der Waals surface area contributed by atoms with Crippen LogP contribution in [0.1, 0.15) is 60.8 Å². The Hall–Kier alpha value is -0.810. The summed E-state index contributed by atoms with van der Waals surface area (Å²) in [6.45, 7) is 11.4. The van der Waals surface area contributed by atoms with Crippen LogP contribution in [-0.2, 0) is 4.74 Å². The lowest BCUT2D eigenvalue weighted by molar-refractivity contribution is 0.0266. The summed E-state index contributed by atoms with van der Waals surface area (Å²) in [4.78, 5) is 13.8. The molecule has 5 heteroatoms. The molecular weight excluding hydrogens is 270 g/mol. The molecule has 4 atom stereocenters. The molecule has 0 spiro atoms. The van der Waals surface area contributed by atoms with Crippen LogP contribution in [0.2, 0.25) is 0 Å². The van der Waals surface area contributed by atoms with Gasteiger partial charge in [0, 0.05) is 6.42 Å². The summed E-state index contributed by atoms with van der Waals surface area (Å²) in [5.41, 5.74) is -0.538. The van der Waals surface area contributed by atoms with Crippen LogP contribution < -0.4 is 0 Å². The topological polar surface area (TPSA) is 69.8 Å². The molecule has 1 aliphatic heterocycles. The molecule has 0 saturated carbocycles. The smallest absolute Gasteiger partial charge is 0.411 e. The minimum Gasteiger partial charge on any atom is -0.444 e. The first kappa shape index (κ1) is 18.2. The molecule has 0 aliphatic carbocycles. The number of hydrogen-bond donors (Lipinski definition) is 2. The molecule has 0 aromatic rings. The largest absolute Gasteiger partial charge is 0.444 e. The van der Waals surface area contributed by atoms with Crippen LogP contribution >= 0.6 is 0 Å². The molecule has 0 bridgehead atoms. The number of nitrogens with zero attached hydrogens (tertiary/aromatic N) is 1. The zero-order chi connectivity index (χ0) is 16.4. The third kappa shape index (κ3) is 5.15. The van der Waals surface area contributed by atoms with Gasteiger partial charge in [-0.3, -0.25) is 4.90 Å². The van der Waals surface area contributed by atoms with Crippen molar-refractivity contribution in [2.45, 2.75) is 90.7 Å². The lowest BCUT2D eigenvalue weighted by Crippen LogP contribution is -2.32. The summed E-state index contributed by atoms with van der Waals surface area (Å²) in [5, 5.41) is 20.2. The highest BCUT2D eigenvalue weighted by molar-refractivity contribution is 5.72. The van der Waals surface area contributed by atoms with Crippen molar-refractivity contribution < 1.29 is 19.7 Å². The fourth-order valence-electron chi connectivity index (χ4n) is 2.58. The second-order valence-corrected chi connectivity index (χ2v) is 7.35. The highest BCUT2D eigenvalue weighted by atomic mass is 16.6. The predicted molar refractivity (Wildman–Crippen MR) is 82.0 cm³/mol. The number of carbonyl (C=O) groups is 1. The van der Waals surface area contributed by atoms with E-state index in [0.717, 1.165) is 12.8 Å². The maximum atomic E-state index is 12.2. The van der Waals surface area contributed by atoms with E-state index in [0.29, 0.717) is 6.42 Å². The predicted octanol–water partition coefficient (Wildman–Crippen LogP) is 2.54. The van der Waals surface area contributed by atoms with Gasteiger partial charge in [-0.2, -0.15) is 0 Å². The Morgan fingerprint density at radius 2 is 1.86 bits per heavy atom. The third-order valence-electron chi connectivity index (χ3n) is 3.82. The van der Waals surface area contributed by atoms with E-state index in [2.05, 4.69) is 6.92 Å². The average Bonchev–Trinajstić information content (AvgIpc) is 3.01. The van der Waals surface area contributed by atoms with E-state index in [1.165, 1.54) is 0 Å². The Morgan fingerprint density at radius 1 is 1.29 bits per heavy atom. The number of aliphatic hydroxyl groups excluding tert-OH is 2. The van der Waals surface area contributed by atoms with Gasteiger partial charge >= 0.3 is 6.09 Å². The molecule has 1 fully saturated rings. The molecule has 2 N–H and O–H groups in total. The molecule has 0 aromatic carbocycles. The molecule has 21 heavy (non-hydrogen) atoms. The van der Waals surface area contributed by atoms with Crippen molar-refractivity contribution in [1.82, 2.24) is 4.90 Å². The first-order chi connectivity index (χ1) is 9.58. The quantitative estimate of drug-likeness (QED) is 0.740. The summed E-state index contributed by atoms with van der Waals surface area (Å²) in [6.07, 6.45) is 0.458. The van der Waals surface area contributed by atoms with Gasteiger partial charge in [-0.1, -0.05) is 27.2 Å². The second kappa shape index (κ2) is 6.97. The Balaban J connectivity index is 2.65. The van der Waals surface area contributed by atoms with Gasteiger partial charge in [-0.25, -0.2) is 4.79 Å². The lowest BCUT2D eigenvalue weighted by Gasteiger charge is -2.21. The number of hydrogen-bond acceptors (Lipinski definition) is 4. The van der Waals surface area contributed by atoms with E-state index < -0.39 is 17.8 Å². The van der Waals surface area contributed by atoms with Crippen LogP contribution in [0.3, 0.4) is 0 Å². The number of carbonyl (C=O) groups excluding carboxylic acids is 1. The summed E-state index contributed by atoms with van der Waals surface area (Å²) < 4.78 is 5.38. The summed E-state index contributed by atoms with van der Waals surface area (Å²) in [6, 6.07) is -0.201. The molecular formula is C16H31NO4. The summed E-state index contributed by atoms with van der Waals surface area (Å²) >= 11 is 0. The molecule has 5 nitrogen and oxygen atoms in total. The van der Waals surface area contributed by atoms with Gasteiger partial charge in [0.15, 0.2) is 0 Å². The van der Waals surface area contributed by atoms with E-state index in [4.69, 9.17) is 4.74 Å². The van der Waals surface area contributed by atoms with E-state index in [-0.39, 0.29) is 24.1 Å². The summed E-state index contributed by atoms with van der Waals surface area (Å²) in [5.74, 6) is 0.0954. The maximum Gasteiger partial charge on any atom is 0.411 e. The number of ether oxygens (including phenoxy) is 1. The molecule has 124 valence electrons. The molecule has 0 unspecified atom stereocenters. The van der Waals surface area contributed by atoms with Gasteiger partial charge in [-0.15, -0.1) is 0 Å². The Bertz CT molecular complexity index is 351. The molecule has 1 heterocycles. The molecule has 1 saturated heterocycles. The fourth-order valence-corrected chi connectivity index (χ4v) is 2.58. The minimum atomic E-state index is -0.702. The van der Waals surface area contributed by atoms with Crippen LogP contribution in [0, 0.1) is 5.92 Å². The Morgan fingerprint density at radius 3 is 2.29 bits per heavy atom. The van der Waals surface area contributed by atoms with Gasteiger partial charge in [-0.05, 0) is 33.1 Å². The third-order valence-corrected chi connectivity index (χ3v) is 3.82. The standard InChI is InChI=1S/C16H31NO4/c1-7-8-11-14(13(19)9-12(18)10(2)3)17(11)15(20)21-16(4,5)6/h10-14,18-19H,7-9H2,1-6H3/t11-,12-,13-,14+,17?/m1/s1. The fraction of sp³-hybridized carbons (Fsp3) is 0.938. The number of rotatable bonds is 6. The van der Waals surface area contributed by atoms with Crippen molar-refractivity contribution in [3.63, 3.8) is 0 Å². The number of aliphatic hydroxyl groups is 2. The monoisotopic (exact) mass is 301 g/mol. The lowest BCUT2D eigenvalue weighted by atomic mass is 9.98. The van der Waals surface area contributed by atoms with E-state index in [9.17, 15) is 15.0 Å². The van der Waals surface area contributed by atoms with Gasteiger partial charge in [0.1, 0.15) is 5.60 Å². The molecule has 1 rings (SSSR count). The van der Waals surface area contributed by atoms with Crippen molar-refractivity contribution >= 4 is 6.09 Å². The van der Waals surface area contributed by atoms with E-state index in [1.54, 1.807) is 4.90 Å². The molecule has 0 radical (unpaired) electrons. The number of amides is 1. The van der Waals surface area contributed by atoms with Crippen LogP contribution in [0.25, 0.3) is 0 Å². The molecule has 0 aromatic heterocycles. The summed E-state index contributed by atoms with van der Waals surface area (Å²) in [7, 11) is 0. The van der Waals surface area contributed by atoms with Crippen molar-refractivity contribution in [3.05, 3.63) is 0 Å². The second-order valence-electron chi connectivity index (χ2n) is 7.35. The van der Waals surface area contributed by atoms with Gasteiger partial charge in [0.2, 0.25) is 0 Å². The maximum absolute atomic E-state index is 12.2.